The van der Waals surface area contributed by atoms with Crippen molar-refractivity contribution in [2.45, 2.75) is 25.2 Å². The molecule has 2 rings (SSSR count). The van der Waals surface area contributed by atoms with E-state index in [2.05, 4.69) is 4.98 Å². The lowest BCUT2D eigenvalue weighted by molar-refractivity contribution is 0.0120. The maximum absolute atomic E-state index is 13.4. The highest BCUT2D eigenvalue weighted by atomic mass is 35.5. The number of hydrogen-bond donors (Lipinski definition) is 0. The topological polar surface area (TPSA) is 12.9 Å². The minimum absolute atomic E-state index is 0.0922. The first-order valence-corrected chi connectivity index (χ1v) is 6.78. The van der Waals surface area contributed by atoms with Gasteiger partial charge in [0, 0.05) is 24.6 Å². The molecular formula is C15H11ClF5N. The maximum Gasteiger partial charge on any atom is 0.287 e. The Morgan fingerprint density at radius 2 is 1.86 bits per heavy atom. The van der Waals surface area contributed by atoms with E-state index in [1.165, 1.54) is 12.1 Å². The molecule has 0 spiro atoms. The molecule has 0 aliphatic rings. The molecule has 7 heteroatoms. The average molecular weight is 336 g/mol. The fraction of sp³-hybridized carbons (Fsp3) is 0.267. The Morgan fingerprint density at radius 3 is 2.41 bits per heavy atom. The molecule has 0 saturated heterocycles. The Hall–Kier alpha value is -1.69. The molecule has 0 bridgehead atoms. The number of aromatic nitrogens is 1. The predicted molar refractivity (Wildman–Crippen MR) is 73.7 cm³/mol. The van der Waals surface area contributed by atoms with Crippen molar-refractivity contribution in [2.24, 2.45) is 0 Å². The van der Waals surface area contributed by atoms with Crippen LogP contribution in [0.2, 0.25) is 0 Å². The summed E-state index contributed by atoms with van der Waals surface area (Å²) in [6.45, 7) is 0.692. The number of pyridine rings is 1. The largest absolute Gasteiger partial charge is 0.287 e. The summed E-state index contributed by atoms with van der Waals surface area (Å²) >= 11 is 5.65. The van der Waals surface area contributed by atoms with E-state index in [1.807, 2.05) is 0 Å². The molecule has 0 radical (unpaired) electrons. The standard InChI is InChI=1S/C15H11ClF5N/c1-15(20,21)13-9(6-16)4-10(7-22-13)8-2-3-12(17)11(5-8)14(18)19/h2-5,7,14H,6H2,1H3. The Labute approximate surface area is 128 Å². The maximum atomic E-state index is 13.4. The monoisotopic (exact) mass is 335 g/mol. The summed E-state index contributed by atoms with van der Waals surface area (Å²) in [5.74, 6) is -4.40. The second-order valence-corrected chi connectivity index (χ2v) is 5.06. The lowest BCUT2D eigenvalue weighted by Gasteiger charge is -2.15. The molecule has 1 aromatic carbocycles. The van der Waals surface area contributed by atoms with Crippen molar-refractivity contribution in [3.8, 4) is 11.1 Å². The van der Waals surface area contributed by atoms with E-state index in [0.717, 1.165) is 18.3 Å². The summed E-state index contributed by atoms with van der Waals surface area (Å²) in [7, 11) is 0. The van der Waals surface area contributed by atoms with E-state index in [0.29, 0.717) is 12.5 Å². The van der Waals surface area contributed by atoms with Crippen LogP contribution in [0, 0.1) is 5.82 Å². The van der Waals surface area contributed by atoms with Crippen molar-refractivity contribution in [2.75, 3.05) is 0 Å². The van der Waals surface area contributed by atoms with Crippen LogP contribution in [0.1, 0.15) is 30.2 Å². The molecule has 0 amide bonds. The van der Waals surface area contributed by atoms with Gasteiger partial charge in [-0.1, -0.05) is 6.07 Å². The summed E-state index contributed by atoms with van der Waals surface area (Å²) in [6.07, 6.45) is -1.84. The van der Waals surface area contributed by atoms with Crippen molar-refractivity contribution in [3.05, 3.63) is 53.1 Å². The van der Waals surface area contributed by atoms with Crippen molar-refractivity contribution in [1.82, 2.24) is 4.98 Å². The number of hydrogen-bond acceptors (Lipinski definition) is 1. The molecule has 1 nitrogen and oxygen atoms in total. The smallest absolute Gasteiger partial charge is 0.254 e. The molecule has 118 valence electrons. The predicted octanol–water partition coefficient (Wildman–Crippen LogP) is 5.68. The third kappa shape index (κ3) is 3.38. The molecule has 2 aromatic rings. The van der Waals surface area contributed by atoms with Crippen LogP contribution in [-0.4, -0.2) is 4.98 Å². The summed E-state index contributed by atoms with van der Waals surface area (Å²) in [4.78, 5) is 3.68. The van der Waals surface area contributed by atoms with Crippen LogP contribution >= 0.6 is 11.6 Å². The van der Waals surface area contributed by atoms with E-state index in [1.54, 1.807) is 0 Å². The molecule has 22 heavy (non-hydrogen) atoms. The highest BCUT2D eigenvalue weighted by Gasteiger charge is 2.29. The minimum Gasteiger partial charge on any atom is -0.254 e. The minimum atomic E-state index is -3.17. The van der Waals surface area contributed by atoms with Crippen LogP contribution in [0.15, 0.2) is 30.5 Å². The average Bonchev–Trinajstić information content (AvgIpc) is 2.45. The Balaban J connectivity index is 2.52. The van der Waals surface area contributed by atoms with Crippen molar-refractivity contribution < 1.29 is 22.0 Å². The lowest BCUT2D eigenvalue weighted by atomic mass is 10.0. The van der Waals surface area contributed by atoms with E-state index in [9.17, 15) is 22.0 Å². The van der Waals surface area contributed by atoms with E-state index < -0.39 is 29.4 Å². The highest BCUT2D eigenvalue weighted by Crippen LogP contribution is 2.33. The zero-order chi connectivity index (χ0) is 16.5. The molecule has 0 unspecified atom stereocenters. The fourth-order valence-electron chi connectivity index (χ4n) is 2.06. The molecule has 0 atom stereocenters. The van der Waals surface area contributed by atoms with Gasteiger partial charge >= 0.3 is 0 Å². The fourth-order valence-corrected chi connectivity index (χ4v) is 2.26. The third-order valence-electron chi connectivity index (χ3n) is 3.09. The summed E-state index contributed by atoms with van der Waals surface area (Å²) < 4.78 is 65.5. The third-order valence-corrected chi connectivity index (χ3v) is 3.38. The Bertz CT molecular complexity index is 682. The van der Waals surface area contributed by atoms with Crippen LogP contribution in [0.3, 0.4) is 0 Å². The number of alkyl halides is 5. The van der Waals surface area contributed by atoms with Crippen LogP contribution in [0.5, 0.6) is 0 Å². The molecule has 0 fully saturated rings. The molecule has 0 aliphatic heterocycles. The normalized spacial score (nSPS) is 12.0. The van der Waals surface area contributed by atoms with Gasteiger partial charge in [-0.05, 0) is 29.3 Å². The van der Waals surface area contributed by atoms with Gasteiger partial charge in [0.1, 0.15) is 11.5 Å². The molecule has 1 aromatic heterocycles. The van der Waals surface area contributed by atoms with Crippen LogP contribution in [0.25, 0.3) is 11.1 Å². The van der Waals surface area contributed by atoms with E-state index >= 15 is 0 Å². The summed E-state index contributed by atoms with van der Waals surface area (Å²) in [5.41, 5.74) is -0.570. The molecule has 1 heterocycles. The van der Waals surface area contributed by atoms with Gasteiger partial charge < -0.3 is 0 Å². The first-order chi connectivity index (χ1) is 10.2. The van der Waals surface area contributed by atoms with Gasteiger partial charge in [-0.15, -0.1) is 11.6 Å². The SMILES string of the molecule is CC(F)(F)c1ncc(-c2ccc(F)c(C(F)F)c2)cc1CCl. The van der Waals surface area contributed by atoms with Gasteiger partial charge in [0.25, 0.3) is 12.3 Å². The van der Waals surface area contributed by atoms with Crippen molar-refractivity contribution in [3.63, 3.8) is 0 Å². The van der Waals surface area contributed by atoms with Gasteiger partial charge in [0.2, 0.25) is 0 Å². The Morgan fingerprint density at radius 1 is 1.18 bits per heavy atom. The second-order valence-electron chi connectivity index (χ2n) is 4.79. The molecule has 0 saturated carbocycles. The summed E-state index contributed by atoms with van der Waals surface area (Å²) in [5, 5.41) is 0. The van der Waals surface area contributed by atoms with Gasteiger partial charge in [0.15, 0.2) is 0 Å². The first-order valence-electron chi connectivity index (χ1n) is 6.25. The molecule has 0 N–H and O–H groups in total. The number of halogens is 6. The first kappa shape index (κ1) is 16.7. The summed E-state index contributed by atoms with van der Waals surface area (Å²) in [6, 6.07) is 4.49. The van der Waals surface area contributed by atoms with Gasteiger partial charge in [-0.25, -0.2) is 13.2 Å². The Kier molecular flexibility index (Phi) is 4.70. The van der Waals surface area contributed by atoms with Crippen molar-refractivity contribution in [1.29, 1.82) is 0 Å². The number of benzene rings is 1. The zero-order valence-corrected chi connectivity index (χ0v) is 12.1. The van der Waals surface area contributed by atoms with Gasteiger partial charge in [-0.3, -0.25) is 4.98 Å². The van der Waals surface area contributed by atoms with Crippen LogP contribution in [-0.2, 0) is 11.8 Å². The quantitative estimate of drug-likeness (QED) is 0.517. The van der Waals surface area contributed by atoms with Crippen LogP contribution in [0.4, 0.5) is 22.0 Å². The zero-order valence-electron chi connectivity index (χ0n) is 11.4. The van der Waals surface area contributed by atoms with Gasteiger partial charge in [0.05, 0.1) is 5.56 Å². The lowest BCUT2D eigenvalue weighted by Crippen LogP contribution is -2.13. The number of rotatable bonds is 4. The van der Waals surface area contributed by atoms with Crippen LogP contribution < -0.4 is 0 Å². The van der Waals surface area contributed by atoms with Gasteiger partial charge in [-0.2, -0.15) is 8.78 Å². The second kappa shape index (κ2) is 6.20. The van der Waals surface area contributed by atoms with E-state index in [4.69, 9.17) is 11.6 Å². The molecule has 0 aliphatic carbocycles. The highest BCUT2D eigenvalue weighted by molar-refractivity contribution is 6.17. The van der Waals surface area contributed by atoms with E-state index in [-0.39, 0.29) is 17.0 Å². The molecular weight excluding hydrogens is 325 g/mol. The number of nitrogens with zero attached hydrogens (tertiary/aromatic N) is 1. The van der Waals surface area contributed by atoms with Crippen molar-refractivity contribution >= 4 is 11.6 Å².